The highest BCUT2D eigenvalue weighted by Gasteiger charge is 2.09. The van der Waals surface area contributed by atoms with Crippen molar-refractivity contribution < 1.29 is 4.74 Å². The molecule has 0 aliphatic heterocycles. The minimum absolute atomic E-state index is 0.591. The summed E-state index contributed by atoms with van der Waals surface area (Å²) in [4.78, 5) is 8.42. The number of ether oxygens (including phenoxy) is 1. The molecule has 3 nitrogen and oxygen atoms in total. The Kier molecular flexibility index (Phi) is 2.25. The molecular formula is C10H9ClN2O. The van der Waals surface area contributed by atoms with Gasteiger partial charge in [0.05, 0.1) is 12.1 Å². The lowest BCUT2D eigenvalue weighted by Gasteiger charge is -2.07. The molecule has 0 bridgehead atoms. The summed E-state index contributed by atoms with van der Waals surface area (Å²) in [6, 6.07) is 1.71. The zero-order valence-electron chi connectivity index (χ0n) is 7.91. The van der Waals surface area contributed by atoms with Gasteiger partial charge in [0, 0.05) is 18.0 Å². The Balaban J connectivity index is 2.88. The van der Waals surface area contributed by atoms with Crippen molar-refractivity contribution in [1.29, 1.82) is 0 Å². The van der Waals surface area contributed by atoms with Crippen molar-refractivity contribution >= 4 is 22.6 Å². The van der Waals surface area contributed by atoms with E-state index in [1.54, 1.807) is 25.6 Å². The van der Waals surface area contributed by atoms with Crippen molar-refractivity contribution in [2.24, 2.45) is 0 Å². The average Bonchev–Trinajstić information content (AvgIpc) is 2.18. The fraction of sp³-hybridized carbons (Fsp3) is 0.200. The van der Waals surface area contributed by atoms with Gasteiger partial charge in [0.25, 0.3) is 0 Å². The molecule has 0 spiro atoms. The third-order valence-corrected chi connectivity index (χ3v) is 2.34. The van der Waals surface area contributed by atoms with E-state index < -0.39 is 0 Å². The number of aromatic nitrogens is 2. The molecule has 0 aliphatic carbocycles. The van der Waals surface area contributed by atoms with Crippen LogP contribution in [0.15, 0.2) is 18.5 Å². The van der Waals surface area contributed by atoms with Gasteiger partial charge in [-0.3, -0.25) is 9.97 Å². The first-order chi connectivity index (χ1) is 6.74. The summed E-state index contributed by atoms with van der Waals surface area (Å²) in [5.41, 5.74) is 2.34. The van der Waals surface area contributed by atoms with Crippen molar-refractivity contribution in [3.05, 3.63) is 29.0 Å². The number of hydrogen-bond acceptors (Lipinski definition) is 3. The van der Waals surface area contributed by atoms with Gasteiger partial charge in [-0.25, -0.2) is 0 Å². The number of rotatable bonds is 1. The fourth-order valence-corrected chi connectivity index (χ4v) is 1.58. The largest absolute Gasteiger partial charge is 0.494 e. The van der Waals surface area contributed by atoms with E-state index in [1.165, 1.54) is 0 Å². The lowest BCUT2D eigenvalue weighted by atomic mass is 10.2. The summed E-state index contributed by atoms with van der Waals surface area (Å²) in [5.74, 6) is 0.734. The van der Waals surface area contributed by atoms with E-state index in [2.05, 4.69) is 9.97 Å². The van der Waals surface area contributed by atoms with Crippen LogP contribution in [0.4, 0.5) is 0 Å². The zero-order valence-corrected chi connectivity index (χ0v) is 8.67. The molecule has 0 N–H and O–H groups in total. The standard InChI is InChI=1S/C10H9ClN2O/c1-6-5-13-8-7(11)3-4-12-9(8)10(6)14-2/h3-5H,1-2H3. The average molecular weight is 209 g/mol. The van der Waals surface area contributed by atoms with Crippen LogP contribution in [-0.2, 0) is 0 Å². The van der Waals surface area contributed by atoms with E-state index in [1.807, 2.05) is 6.92 Å². The van der Waals surface area contributed by atoms with Crippen LogP contribution in [0.25, 0.3) is 11.0 Å². The highest BCUT2D eigenvalue weighted by molar-refractivity contribution is 6.34. The maximum atomic E-state index is 5.98. The van der Waals surface area contributed by atoms with Gasteiger partial charge in [0.15, 0.2) is 5.75 Å². The molecule has 0 saturated carbocycles. The third-order valence-electron chi connectivity index (χ3n) is 2.04. The van der Waals surface area contributed by atoms with Crippen LogP contribution in [0.3, 0.4) is 0 Å². The molecule has 72 valence electrons. The Morgan fingerprint density at radius 3 is 2.79 bits per heavy atom. The van der Waals surface area contributed by atoms with Crippen LogP contribution in [0, 0.1) is 6.92 Å². The van der Waals surface area contributed by atoms with Crippen molar-refractivity contribution in [2.75, 3.05) is 7.11 Å². The molecule has 0 atom stereocenters. The number of nitrogens with zero attached hydrogens (tertiary/aromatic N) is 2. The summed E-state index contributed by atoms with van der Waals surface area (Å²) in [6.07, 6.45) is 3.38. The lowest BCUT2D eigenvalue weighted by Crippen LogP contribution is -1.93. The van der Waals surface area contributed by atoms with E-state index in [0.29, 0.717) is 16.1 Å². The highest BCUT2D eigenvalue weighted by atomic mass is 35.5. The summed E-state index contributed by atoms with van der Waals surface area (Å²) < 4.78 is 5.25. The lowest BCUT2D eigenvalue weighted by molar-refractivity contribution is 0.415. The summed E-state index contributed by atoms with van der Waals surface area (Å²) in [6.45, 7) is 1.92. The Morgan fingerprint density at radius 2 is 2.07 bits per heavy atom. The molecule has 0 saturated heterocycles. The smallest absolute Gasteiger partial charge is 0.151 e. The minimum Gasteiger partial charge on any atom is -0.494 e. The maximum absolute atomic E-state index is 5.98. The van der Waals surface area contributed by atoms with Crippen LogP contribution < -0.4 is 4.74 Å². The molecule has 0 amide bonds. The van der Waals surface area contributed by atoms with Crippen LogP contribution in [0.5, 0.6) is 5.75 Å². The topological polar surface area (TPSA) is 35.0 Å². The number of aryl methyl sites for hydroxylation is 1. The van der Waals surface area contributed by atoms with E-state index in [4.69, 9.17) is 16.3 Å². The predicted octanol–water partition coefficient (Wildman–Crippen LogP) is 2.60. The number of hydrogen-bond donors (Lipinski definition) is 0. The van der Waals surface area contributed by atoms with Gasteiger partial charge in [-0.05, 0) is 13.0 Å². The number of methoxy groups -OCH3 is 1. The predicted molar refractivity (Wildman–Crippen MR) is 55.8 cm³/mol. The Labute approximate surface area is 86.7 Å². The van der Waals surface area contributed by atoms with Crippen molar-refractivity contribution in [1.82, 2.24) is 9.97 Å². The summed E-state index contributed by atoms with van der Waals surface area (Å²) >= 11 is 5.98. The zero-order chi connectivity index (χ0) is 10.1. The molecule has 2 aromatic heterocycles. The Hall–Kier alpha value is -1.35. The molecule has 0 radical (unpaired) electrons. The molecule has 0 unspecified atom stereocenters. The van der Waals surface area contributed by atoms with Crippen LogP contribution in [0.2, 0.25) is 5.02 Å². The molecule has 0 aromatic carbocycles. The molecule has 14 heavy (non-hydrogen) atoms. The van der Waals surface area contributed by atoms with Crippen molar-refractivity contribution in [3.63, 3.8) is 0 Å². The summed E-state index contributed by atoms with van der Waals surface area (Å²) in [5, 5.41) is 0.591. The van der Waals surface area contributed by atoms with E-state index in [0.717, 1.165) is 11.3 Å². The second-order valence-electron chi connectivity index (χ2n) is 2.96. The van der Waals surface area contributed by atoms with Gasteiger partial charge in [-0.2, -0.15) is 0 Å². The number of halogens is 1. The minimum atomic E-state index is 0.591. The first-order valence-corrected chi connectivity index (χ1v) is 4.55. The highest BCUT2D eigenvalue weighted by Crippen LogP contribution is 2.29. The number of pyridine rings is 2. The molecule has 2 aromatic rings. The van der Waals surface area contributed by atoms with Crippen molar-refractivity contribution in [2.45, 2.75) is 6.92 Å². The fourth-order valence-electron chi connectivity index (χ4n) is 1.38. The van der Waals surface area contributed by atoms with Gasteiger partial charge < -0.3 is 4.74 Å². The second kappa shape index (κ2) is 3.42. The first-order valence-electron chi connectivity index (χ1n) is 4.18. The maximum Gasteiger partial charge on any atom is 0.151 e. The van der Waals surface area contributed by atoms with Crippen molar-refractivity contribution in [3.8, 4) is 5.75 Å². The Morgan fingerprint density at radius 1 is 1.29 bits per heavy atom. The van der Waals surface area contributed by atoms with Crippen LogP contribution >= 0.6 is 11.6 Å². The van der Waals surface area contributed by atoms with Gasteiger partial charge in [0.1, 0.15) is 11.0 Å². The molecule has 2 heterocycles. The quantitative estimate of drug-likeness (QED) is 0.723. The Bertz CT molecular complexity index is 485. The van der Waals surface area contributed by atoms with E-state index >= 15 is 0 Å². The van der Waals surface area contributed by atoms with Crippen LogP contribution in [0.1, 0.15) is 5.56 Å². The third kappa shape index (κ3) is 1.30. The van der Waals surface area contributed by atoms with Gasteiger partial charge in [-0.15, -0.1) is 0 Å². The van der Waals surface area contributed by atoms with Gasteiger partial charge in [0.2, 0.25) is 0 Å². The second-order valence-corrected chi connectivity index (χ2v) is 3.37. The molecule has 0 fully saturated rings. The van der Waals surface area contributed by atoms with E-state index in [9.17, 15) is 0 Å². The molecule has 2 rings (SSSR count). The summed E-state index contributed by atoms with van der Waals surface area (Å²) in [7, 11) is 1.62. The van der Waals surface area contributed by atoms with Gasteiger partial charge in [-0.1, -0.05) is 11.6 Å². The monoisotopic (exact) mass is 208 g/mol. The van der Waals surface area contributed by atoms with Crippen LogP contribution in [-0.4, -0.2) is 17.1 Å². The molecular weight excluding hydrogens is 200 g/mol. The van der Waals surface area contributed by atoms with Gasteiger partial charge >= 0.3 is 0 Å². The first kappa shape index (κ1) is 9.21. The number of fused-ring (bicyclic) bond motifs is 1. The molecule has 0 aliphatic rings. The SMILES string of the molecule is COc1c(C)cnc2c(Cl)ccnc12. The normalized spacial score (nSPS) is 10.5. The van der Waals surface area contributed by atoms with E-state index in [-0.39, 0.29) is 0 Å². The molecule has 4 heteroatoms.